The second kappa shape index (κ2) is 4.93. The Morgan fingerprint density at radius 2 is 1.45 bits per heavy atom. The van der Waals surface area contributed by atoms with Crippen LogP contribution in [0.1, 0.15) is 15.9 Å². The van der Waals surface area contributed by atoms with Crippen molar-refractivity contribution in [2.45, 2.75) is 45.9 Å². The Morgan fingerprint density at radius 1 is 0.950 bits per heavy atom. The van der Waals surface area contributed by atoms with Crippen LogP contribution in [0, 0.1) is 0 Å². The third-order valence-corrected chi connectivity index (χ3v) is 4.28. The van der Waals surface area contributed by atoms with Crippen LogP contribution in [0.5, 0.6) is 11.5 Å². The molecule has 0 radical (unpaired) electrons. The molecule has 0 aliphatic carbocycles. The molecule has 0 aromatic heterocycles. The van der Waals surface area contributed by atoms with Crippen LogP contribution in [0.3, 0.4) is 0 Å². The van der Waals surface area contributed by atoms with Crippen molar-refractivity contribution in [2.24, 2.45) is 0 Å². The Kier molecular flexibility index (Phi) is 3.72. The van der Waals surface area contributed by atoms with Gasteiger partial charge in [0.15, 0.2) is 0 Å². The standard InChI is InChI=1S/C14H22O4Si2/c1-19(2,3)17-11-7-8-12(18-20(4,5)6)13-10(11)9-16-14(13)15/h7-8H,9H2,1-6H3. The van der Waals surface area contributed by atoms with E-state index in [1.165, 1.54) is 0 Å². The molecule has 0 fully saturated rings. The van der Waals surface area contributed by atoms with E-state index in [2.05, 4.69) is 39.3 Å². The first-order valence-corrected chi connectivity index (χ1v) is 13.6. The molecule has 0 saturated heterocycles. The normalized spacial score (nSPS) is 14.8. The summed E-state index contributed by atoms with van der Waals surface area (Å²) in [5.41, 5.74) is 1.37. The zero-order chi connectivity index (χ0) is 15.1. The predicted molar refractivity (Wildman–Crippen MR) is 83.5 cm³/mol. The fourth-order valence-corrected chi connectivity index (χ4v) is 3.71. The van der Waals surface area contributed by atoms with Gasteiger partial charge in [-0.3, -0.25) is 0 Å². The molecule has 0 saturated carbocycles. The number of carbonyl (C=O) groups is 1. The van der Waals surface area contributed by atoms with Gasteiger partial charge in [0.2, 0.25) is 16.6 Å². The summed E-state index contributed by atoms with van der Waals surface area (Å²) < 4.78 is 17.2. The molecular formula is C14H22O4Si2. The minimum absolute atomic E-state index is 0.275. The van der Waals surface area contributed by atoms with Gasteiger partial charge >= 0.3 is 5.97 Å². The van der Waals surface area contributed by atoms with Gasteiger partial charge in [0.25, 0.3) is 0 Å². The molecule has 2 rings (SSSR count). The van der Waals surface area contributed by atoms with E-state index in [4.69, 9.17) is 13.6 Å². The van der Waals surface area contributed by atoms with Crippen molar-refractivity contribution in [3.63, 3.8) is 0 Å². The zero-order valence-electron chi connectivity index (χ0n) is 13.0. The summed E-state index contributed by atoms with van der Waals surface area (Å²) in [5, 5.41) is 0. The van der Waals surface area contributed by atoms with E-state index in [1.807, 2.05) is 12.1 Å². The van der Waals surface area contributed by atoms with Gasteiger partial charge in [-0.2, -0.15) is 0 Å². The van der Waals surface area contributed by atoms with E-state index in [-0.39, 0.29) is 12.6 Å². The van der Waals surface area contributed by atoms with Gasteiger partial charge < -0.3 is 13.6 Å². The highest BCUT2D eigenvalue weighted by molar-refractivity contribution is 6.70. The molecule has 0 atom stereocenters. The lowest BCUT2D eigenvalue weighted by atomic mass is 10.1. The molecule has 1 aromatic carbocycles. The highest BCUT2D eigenvalue weighted by Gasteiger charge is 2.32. The fourth-order valence-electron chi connectivity index (χ4n) is 2.02. The number of cyclic esters (lactones) is 1. The van der Waals surface area contributed by atoms with E-state index in [9.17, 15) is 4.79 Å². The third kappa shape index (κ3) is 3.43. The third-order valence-electron chi connectivity index (χ3n) is 2.62. The maximum absolute atomic E-state index is 12.0. The number of carbonyl (C=O) groups excluding carboxylic acids is 1. The van der Waals surface area contributed by atoms with Gasteiger partial charge in [0.1, 0.15) is 23.7 Å². The van der Waals surface area contributed by atoms with E-state index in [0.717, 1.165) is 11.3 Å². The molecule has 0 spiro atoms. The molecule has 0 N–H and O–H groups in total. The average Bonchev–Trinajstić information content (AvgIpc) is 2.61. The quantitative estimate of drug-likeness (QED) is 0.627. The second-order valence-corrected chi connectivity index (χ2v) is 15.8. The largest absolute Gasteiger partial charge is 0.544 e. The topological polar surface area (TPSA) is 44.8 Å². The van der Waals surface area contributed by atoms with Crippen LogP contribution in [-0.2, 0) is 11.3 Å². The smallest absolute Gasteiger partial charge is 0.342 e. The summed E-state index contributed by atoms with van der Waals surface area (Å²) in [6.45, 7) is 12.9. The Balaban J connectivity index is 2.45. The van der Waals surface area contributed by atoms with Crippen molar-refractivity contribution in [2.75, 3.05) is 0 Å². The first kappa shape index (κ1) is 15.1. The van der Waals surface area contributed by atoms with Gasteiger partial charge in [0, 0.05) is 5.56 Å². The maximum Gasteiger partial charge on any atom is 0.342 e. The second-order valence-electron chi connectivity index (χ2n) is 6.92. The lowest BCUT2D eigenvalue weighted by Crippen LogP contribution is -2.31. The Morgan fingerprint density at radius 3 is 2.00 bits per heavy atom. The summed E-state index contributed by atoms with van der Waals surface area (Å²) >= 11 is 0. The van der Waals surface area contributed by atoms with Crippen LogP contribution >= 0.6 is 0 Å². The molecule has 0 bridgehead atoms. The molecule has 0 unspecified atom stereocenters. The Labute approximate surface area is 122 Å². The zero-order valence-corrected chi connectivity index (χ0v) is 15.0. The van der Waals surface area contributed by atoms with Crippen LogP contribution in [0.2, 0.25) is 39.3 Å². The Bertz CT molecular complexity index is 541. The molecule has 1 aliphatic rings. The van der Waals surface area contributed by atoms with Gasteiger partial charge in [0.05, 0.1) is 0 Å². The van der Waals surface area contributed by atoms with Crippen LogP contribution in [0.25, 0.3) is 0 Å². The van der Waals surface area contributed by atoms with Crippen molar-refractivity contribution in [3.05, 3.63) is 23.3 Å². The van der Waals surface area contributed by atoms with Gasteiger partial charge in [-0.05, 0) is 51.4 Å². The summed E-state index contributed by atoms with van der Waals surface area (Å²) in [7, 11) is -3.50. The minimum atomic E-state index is -1.77. The average molecular weight is 310 g/mol. The van der Waals surface area contributed by atoms with Crippen LogP contribution in [0.15, 0.2) is 12.1 Å². The molecule has 1 aromatic rings. The Hall–Kier alpha value is -1.28. The molecule has 110 valence electrons. The number of fused-ring (bicyclic) bond motifs is 1. The van der Waals surface area contributed by atoms with E-state index in [0.29, 0.717) is 11.3 Å². The van der Waals surface area contributed by atoms with E-state index >= 15 is 0 Å². The lowest BCUT2D eigenvalue weighted by molar-refractivity contribution is 0.0533. The molecule has 1 aliphatic heterocycles. The fraction of sp³-hybridized carbons (Fsp3) is 0.500. The number of benzene rings is 1. The van der Waals surface area contributed by atoms with Crippen LogP contribution in [-0.4, -0.2) is 22.6 Å². The van der Waals surface area contributed by atoms with Gasteiger partial charge in [-0.15, -0.1) is 0 Å². The summed E-state index contributed by atoms with van der Waals surface area (Å²) in [6, 6.07) is 3.73. The summed E-state index contributed by atoms with van der Waals surface area (Å²) in [6.07, 6.45) is 0. The molecule has 20 heavy (non-hydrogen) atoms. The number of hydrogen-bond acceptors (Lipinski definition) is 4. The molecule has 4 nitrogen and oxygen atoms in total. The van der Waals surface area contributed by atoms with E-state index in [1.54, 1.807) is 0 Å². The molecular weight excluding hydrogens is 288 g/mol. The van der Waals surface area contributed by atoms with Crippen molar-refractivity contribution in [3.8, 4) is 11.5 Å². The van der Waals surface area contributed by atoms with Crippen molar-refractivity contribution in [1.82, 2.24) is 0 Å². The summed E-state index contributed by atoms with van der Waals surface area (Å²) in [5.74, 6) is 1.08. The number of hydrogen-bond donors (Lipinski definition) is 0. The maximum atomic E-state index is 12.0. The highest BCUT2D eigenvalue weighted by Crippen LogP contribution is 2.37. The first-order valence-electron chi connectivity index (χ1n) is 6.78. The minimum Gasteiger partial charge on any atom is -0.544 e. The van der Waals surface area contributed by atoms with Gasteiger partial charge in [-0.25, -0.2) is 4.79 Å². The van der Waals surface area contributed by atoms with Crippen molar-refractivity contribution in [1.29, 1.82) is 0 Å². The molecule has 0 amide bonds. The SMILES string of the molecule is C[Si](C)(C)Oc1ccc(O[Si](C)(C)C)c2c1COC2=O. The van der Waals surface area contributed by atoms with Crippen molar-refractivity contribution >= 4 is 22.6 Å². The predicted octanol–water partition coefficient (Wildman–Crippen LogP) is 3.78. The van der Waals surface area contributed by atoms with Gasteiger partial charge in [-0.1, -0.05) is 0 Å². The van der Waals surface area contributed by atoms with Crippen LogP contribution in [0.4, 0.5) is 0 Å². The number of ether oxygens (including phenoxy) is 1. The van der Waals surface area contributed by atoms with Crippen LogP contribution < -0.4 is 8.85 Å². The van der Waals surface area contributed by atoms with Crippen molar-refractivity contribution < 1.29 is 18.4 Å². The number of rotatable bonds is 4. The summed E-state index contributed by atoms with van der Waals surface area (Å²) in [4.78, 5) is 12.0. The number of esters is 1. The highest BCUT2D eigenvalue weighted by atomic mass is 28.4. The monoisotopic (exact) mass is 310 g/mol. The van der Waals surface area contributed by atoms with E-state index < -0.39 is 16.6 Å². The molecule has 6 heteroatoms. The first-order chi connectivity index (χ1) is 9.07. The lowest BCUT2D eigenvalue weighted by Gasteiger charge is -2.24. The molecule has 1 heterocycles.